The number of nitrogens with zero attached hydrogens (tertiary/aromatic N) is 2. The maximum Gasteiger partial charge on any atom is 0.166 e. The van der Waals surface area contributed by atoms with E-state index in [4.69, 9.17) is 0 Å². The molecule has 2 aliphatic heterocycles. The molecule has 1 aromatic carbocycles. The van der Waals surface area contributed by atoms with Crippen LogP contribution in [0, 0.1) is 5.92 Å². The zero-order valence-electron chi connectivity index (χ0n) is 13.0. The summed E-state index contributed by atoms with van der Waals surface area (Å²) in [6, 6.07) is 9.16. The van der Waals surface area contributed by atoms with Crippen molar-refractivity contribution in [2.75, 3.05) is 7.05 Å². The largest absolute Gasteiger partial charge is 0.300 e. The van der Waals surface area contributed by atoms with Gasteiger partial charge in [-0.15, -0.1) is 0 Å². The minimum atomic E-state index is 0.185. The molecule has 3 nitrogen and oxygen atoms in total. The lowest BCUT2D eigenvalue weighted by molar-refractivity contribution is 0.0339. The average Bonchev–Trinajstić information content (AvgIpc) is 2.53. The maximum atomic E-state index is 13.1. The summed E-state index contributed by atoms with van der Waals surface area (Å²) >= 11 is 0. The second kappa shape index (κ2) is 5.47. The van der Waals surface area contributed by atoms with Crippen LogP contribution >= 0.6 is 0 Å². The summed E-state index contributed by atoms with van der Waals surface area (Å²) < 4.78 is 0. The van der Waals surface area contributed by atoms with Gasteiger partial charge in [-0.1, -0.05) is 24.6 Å². The van der Waals surface area contributed by atoms with Gasteiger partial charge in [-0.05, 0) is 44.2 Å². The standard InChI is InChI=1S/C19H22N2O/c1-21-15-5-3-6-16(21)11-14(10-15)19(22)18-7-2-4-13-12-20-9-8-17(13)18/h2,4,7-9,12,14-16H,3,5-6,10-11H2,1H3. The molecule has 2 unspecified atom stereocenters. The minimum Gasteiger partial charge on any atom is -0.300 e. The van der Waals surface area contributed by atoms with E-state index in [-0.39, 0.29) is 5.92 Å². The Kier molecular flexibility index (Phi) is 3.45. The van der Waals surface area contributed by atoms with Gasteiger partial charge in [0.25, 0.3) is 0 Å². The highest BCUT2D eigenvalue weighted by atomic mass is 16.1. The quantitative estimate of drug-likeness (QED) is 0.792. The van der Waals surface area contributed by atoms with Crippen molar-refractivity contribution in [1.29, 1.82) is 0 Å². The highest BCUT2D eigenvalue weighted by Gasteiger charge is 2.39. The molecule has 2 saturated heterocycles. The van der Waals surface area contributed by atoms with Crippen LogP contribution in [-0.2, 0) is 0 Å². The van der Waals surface area contributed by atoms with E-state index in [1.54, 1.807) is 6.20 Å². The summed E-state index contributed by atoms with van der Waals surface area (Å²) in [7, 11) is 2.23. The Bertz CT molecular complexity index is 692. The number of carbonyl (C=O) groups excluding carboxylic acids is 1. The molecule has 0 amide bonds. The smallest absolute Gasteiger partial charge is 0.166 e. The highest BCUT2D eigenvalue weighted by Crippen LogP contribution is 2.37. The summed E-state index contributed by atoms with van der Waals surface area (Å²) in [5.74, 6) is 0.520. The molecule has 114 valence electrons. The Hall–Kier alpha value is -1.74. The molecular weight excluding hydrogens is 272 g/mol. The summed E-state index contributed by atoms with van der Waals surface area (Å²) in [6.07, 6.45) is 9.48. The van der Waals surface area contributed by atoms with E-state index in [2.05, 4.69) is 16.9 Å². The van der Waals surface area contributed by atoms with Crippen LogP contribution in [0.2, 0.25) is 0 Å². The summed E-state index contributed by atoms with van der Waals surface area (Å²) in [5, 5.41) is 2.10. The van der Waals surface area contributed by atoms with Crippen molar-refractivity contribution in [3.63, 3.8) is 0 Å². The molecule has 2 fully saturated rings. The van der Waals surface area contributed by atoms with Gasteiger partial charge in [0.1, 0.15) is 0 Å². The van der Waals surface area contributed by atoms with Gasteiger partial charge in [0.2, 0.25) is 0 Å². The SMILES string of the molecule is CN1C2CCCC1CC(C(=O)c1cccc3cnccc13)C2. The van der Waals surface area contributed by atoms with Gasteiger partial charge in [0.15, 0.2) is 5.78 Å². The van der Waals surface area contributed by atoms with E-state index in [9.17, 15) is 4.79 Å². The second-order valence-corrected chi connectivity index (χ2v) is 6.84. The first-order valence-electron chi connectivity index (χ1n) is 8.33. The number of Topliss-reactive ketones (excluding diaryl/α,β-unsaturated/α-hetero) is 1. The van der Waals surface area contributed by atoms with Gasteiger partial charge in [-0.2, -0.15) is 0 Å². The van der Waals surface area contributed by atoms with Gasteiger partial charge < -0.3 is 4.90 Å². The molecule has 0 N–H and O–H groups in total. The molecule has 2 atom stereocenters. The average molecular weight is 294 g/mol. The van der Waals surface area contributed by atoms with Crippen LogP contribution in [0.25, 0.3) is 10.8 Å². The Morgan fingerprint density at radius 2 is 1.95 bits per heavy atom. The molecule has 0 spiro atoms. The number of hydrogen-bond acceptors (Lipinski definition) is 3. The topological polar surface area (TPSA) is 33.2 Å². The lowest BCUT2D eigenvalue weighted by Crippen LogP contribution is -2.51. The predicted octanol–water partition coefficient (Wildman–Crippen LogP) is 3.68. The Morgan fingerprint density at radius 1 is 1.18 bits per heavy atom. The summed E-state index contributed by atoms with van der Waals surface area (Å²) in [6.45, 7) is 0. The third-order valence-corrected chi connectivity index (χ3v) is 5.66. The maximum absolute atomic E-state index is 13.1. The number of aromatic nitrogens is 1. The summed E-state index contributed by atoms with van der Waals surface area (Å²) in [5.41, 5.74) is 0.882. The van der Waals surface area contributed by atoms with E-state index in [0.717, 1.165) is 29.2 Å². The lowest BCUT2D eigenvalue weighted by Gasteiger charge is -2.46. The highest BCUT2D eigenvalue weighted by molar-refractivity contribution is 6.09. The fourth-order valence-corrected chi connectivity index (χ4v) is 4.39. The molecule has 2 aliphatic rings. The first-order chi connectivity index (χ1) is 10.7. The fraction of sp³-hybridized carbons (Fsp3) is 0.474. The zero-order chi connectivity index (χ0) is 15.1. The summed E-state index contributed by atoms with van der Waals surface area (Å²) in [4.78, 5) is 19.8. The number of piperidine rings is 2. The second-order valence-electron chi connectivity index (χ2n) is 6.84. The molecule has 2 bridgehead atoms. The number of pyridine rings is 1. The Balaban J connectivity index is 1.66. The van der Waals surface area contributed by atoms with Gasteiger partial charge >= 0.3 is 0 Å². The normalized spacial score (nSPS) is 28.7. The van der Waals surface area contributed by atoms with Crippen LogP contribution in [0.15, 0.2) is 36.7 Å². The molecule has 0 saturated carbocycles. The number of hydrogen-bond donors (Lipinski definition) is 0. The van der Waals surface area contributed by atoms with Crippen molar-refractivity contribution < 1.29 is 4.79 Å². The van der Waals surface area contributed by atoms with Gasteiger partial charge in [0, 0.05) is 41.3 Å². The fourth-order valence-electron chi connectivity index (χ4n) is 4.39. The van der Waals surface area contributed by atoms with Crippen LogP contribution in [0.3, 0.4) is 0 Å². The van der Waals surface area contributed by atoms with Crippen LogP contribution in [-0.4, -0.2) is 34.8 Å². The van der Waals surface area contributed by atoms with Crippen LogP contribution in [0.4, 0.5) is 0 Å². The number of benzene rings is 1. The van der Waals surface area contributed by atoms with Crippen LogP contribution in [0.5, 0.6) is 0 Å². The van der Waals surface area contributed by atoms with Crippen molar-refractivity contribution >= 4 is 16.6 Å². The van der Waals surface area contributed by atoms with Gasteiger partial charge in [0.05, 0.1) is 0 Å². The minimum absolute atomic E-state index is 0.185. The van der Waals surface area contributed by atoms with E-state index < -0.39 is 0 Å². The predicted molar refractivity (Wildman–Crippen MR) is 88.0 cm³/mol. The van der Waals surface area contributed by atoms with Crippen molar-refractivity contribution in [3.05, 3.63) is 42.2 Å². The first kappa shape index (κ1) is 13.9. The van der Waals surface area contributed by atoms with E-state index >= 15 is 0 Å². The van der Waals surface area contributed by atoms with Crippen molar-refractivity contribution in [1.82, 2.24) is 9.88 Å². The first-order valence-corrected chi connectivity index (χ1v) is 8.33. The number of fused-ring (bicyclic) bond motifs is 3. The van der Waals surface area contributed by atoms with Crippen molar-refractivity contribution in [2.24, 2.45) is 5.92 Å². The van der Waals surface area contributed by atoms with Crippen molar-refractivity contribution in [2.45, 2.75) is 44.2 Å². The van der Waals surface area contributed by atoms with E-state index in [0.29, 0.717) is 17.9 Å². The van der Waals surface area contributed by atoms with Gasteiger partial charge in [-0.25, -0.2) is 0 Å². The monoisotopic (exact) mass is 294 g/mol. The van der Waals surface area contributed by atoms with Crippen molar-refractivity contribution in [3.8, 4) is 0 Å². The number of rotatable bonds is 2. The molecule has 3 heterocycles. The molecule has 2 aromatic rings. The molecule has 4 rings (SSSR count). The van der Waals surface area contributed by atoms with Crippen LogP contribution < -0.4 is 0 Å². The number of ketones is 1. The molecular formula is C19H22N2O. The molecule has 0 radical (unpaired) electrons. The molecule has 3 heteroatoms. The Morgan fingerprint density at radius 3 is 2.73 bits per heavy atom. The van der Waals surface area contributed by atoms with Gasteiger partial charge in [-0.3, -0.25) is 9.78 Å². The molecule has 1 aromatic heterocycles. The number of carbonyl (C=O) groups is 1. The third-order valence-electron chi connectivity index (χ3n) is 5.66. The van der Waals surface area contributed by atoms with E-state index in [1.807, 2.05) is 30.5 Å². The zero-order valence-corrected chi connectivity index (χ0v) is 13.0. The van der Waals surface area contributed by atoms with Crippen LogP contribution in [0.1, 0.15) is 42.5 Å². The van der Waals surface area contributed by atoms with E-state index in [1.165, 1.54) is 19.3 Å². The molecule has 22 heavy (non-hydrogen) atoms. The lowest BCUT2D eigenvalue weighted by atomic mass is 9.75. The molecule has 0 aliphatic carbocycles. The third kappa shape index (κ3) is 2.24. The Labute approximate surface area is 131 Å².